The Morgan fingerprint density at radius 1 is 1.21 bits per heavy atom. The first-order valence-electron chi connectivity index (χ1n) is 10.5. The molecule has 1 saturated carbocycles. The van der Waals surface area contributed by atoms with Crippen molar-refractivity contribution in [3.63, 3.8) is 0 Å². The van der Waals surface area contributed by atoms with Gasteiger partial charge in [-0.25, -0.2) is 9.97 Å². The zero-order chi connectivity index (χ0) is 19.9. The summed E-state index contributed by atoms with van der Waals surface area (Å²) in [6.07, 6.45) is 6.40. The van der Waals surface area contributed by atoms with Gasteiger partial charge < -0.3 is 10.0 Å². The number of hydrogen-bond donors (Lipinski definition) is 1. The number of rotatable bonds is 3. The molecule has 2 aromatic heterocycles. The summed E-state index contributed by atoms with van der Waals surface area (Å²) in [7, 11) is 0. The van der Waals surface area contributed by atoms with Crippen LogP contribution < -0.4 is 0 Å². The number of fused-ring (bicyclic) bond motifs is 1. The SMILES string of the molecule is Cc1nc(CC(=O)N2CCC(O)CC2)c2cc(C3CCC(C)(C)CC3)sc2n1. The van der Waals surface area contributed by atoms with Crippen LogP contribution in [0.5, 0.6) is 0 Å². The number of carbonyl (C=O) groups excluding carboxylic acids is 1. The Balaban J connectivity index is 1.55. The summed E-state index contributed by atoms with van der Waals surface area (Å²) >= 11 is 1.79. The second-order valence-corrected chi connectivity index (χ2v) is 10.4. The van der Waals surface area contributed by atoms with Gasteiger partial charge in [-0.15, -0.1) is 11.3 Å². The molecular weight excluding hydrogens is 370 g/mol. The number of likely N-dealkylation sites (tertiary alicyclic amines) is 1. The molecule has 0 spiro atoms. The summed E-state index contributed by atoms with van der Waals surface area (Å²) in [6.45, 7) is 7.92. The maximum atomic E-state index is 12.8. The largest absolute Gasteiger partial charge is 0.393 e. The lowest BCUT2D eigenvalue weighted by atomic mass is 9.73. The third-order valence-corrected chi connectivity index (χ3v) is 7.67. The molecule has 1 aliphatic carbocycles. The van der Waals surface area contributed by atoms with Gasteiger partial charge in [-0.05, 0) is 62.8 Å². The van der Waals surface area contributed by atoms with Crippen molar-refractivity contribution in [1.82, 2.24) is 14.9 Å². The number of aliphatic hydroxyl groups excluding tert-OH is 1. The van der Waals surface area contributed by atoms with Gasteiger partial charge in [0.15, 0.2) is 0 Å². The summed E-state index contributed by atoms with van der Waals surface area (Å²) in [5.41, 5.74) is 1.32. The molecular formula is C22H31N3O2S. The highest BCUT2D eigenvalue weighted by atomic mass is 32.1. The van der Waals surface area contributed by atoms with Crippen molar-refractivity contribution >= 4 is 27.5 Å². The van der Waals surface area contributed by atoms with Crippen LogP contribution in [0.2, 0.25) is 0 Å². The Labute approximate surface area is 171 Å². The first-order chi connectivity index (χ1) is 13.3. The zero-order valence-corrected chi connectivity index (χ0v) is 18.0. The number of amides is 1. The average molecular weight is 402 g/mol. The van der Waals surface area contributed by atoms with Crippen molar-refractivity contribution in [2.75, 3.05) is 13.1 Å². The molecule has 5 nitrogen and oxygen atoms in total. The van der Waals surface area contributed by atoms with Gasteiger partial charge in [0.05, 0.1) is 18.2 Å². The van der Waals surface area contributed by atoms with E-state index in [1.54, 1.807) is 11.3 Å². The third-order valence-electron chi connectivity index (χ3n) is 6.48. The van der Waals surface area contributed by atoms with Crippen LogP contribution in [0.25, 0.3) is 10.2 Å². The first kappa shape index (κ1) is 19.8. The highest BCUT2D eigenvalue weighted by molar-refractivity contribution is 7.18. The molecule has 0 unspecified atom stereocenters. The molecule has 152 valence electrons. The molecule has 6 heteroatoms. The normalized spacial score (nSPS) is 21.4. The standard InChI is InChI=1S/C22H31N3O2S/c1-14-23-18(13-20(27)25-10-6-16(26)7-11-25)17-12-19(28-21(17)24-14)15-4-8-22(2,3)9-5-15/h12,15-16,26H,4-11,13H2,1-3H3. The van der Waals surface area contributed by atoms with Crippen molar-refractivity contribution < 1.29 is 9.90 Å². The molecule has 2 aromatic rings. The molecule has 0 aromatic carbocycles. The lowest BCUT2D eigenvalue weighted by Gasteiger charge is -2.33. The number of thiophene rings is 1. The topological polar surface area (TPSA) is 66.3 Å². The predicted molar refractivity (Wildman–Crippen MR) is 113 cm³/mol. The highest BCUT2D eigenvalue weighted by Crippen LogP contribution is 2.45. The smallest absolute Gasteiger partial charge is 0.228 e. The number of aryl methyl sites for hydroxylation is 1. The van der Waals surface area contributed by atoms with E-state index in [4.69, 9.17) is 0 Å². The van der Waals surface area contributed by atoms with Crippen molar-refractivity contribution in [1.29, 1.82) is 0 Å². The first-order valence-corrected chi connectivity index (χ1v) is 11.4. The quantitative estimate of drug-likeness (QED) is 0.837. The van der Waals surface area contributed by atoms with Crippen LogP contribution in [-0.4, -0.2) is 45.1 Å². The minimum atomic E-state index is -0.267. The summed E-state index contributed by atoms with van der Waals surface area (Å²) in [4.78, 5) is 26.4. The molecule has 0 bridgehead atoms. The molecule has 3 heterocycles. The molecule has 0 radical (unpaired) electrons. The maximum absolute atomic E-state index is 12.8. The minimum absolute atomic E-state index is 0.110. The van der Waals surface area contributed by atoms with Crippen LogP contribution in [0, 0.1) is 12.3 Å². The third kappa shape index (κ3) is 4.23. The van der Waals surface area contributed by atoms with Gasteiger partial charge in [-0.3, -0.25) is 4.79 Å². The summed E-state index contributed by atoms with van der Waals surface area (Å²) in [5, 5.41) is 10.7. The molecule has 1 saturated heterocycles. The number of carbonyl (C=O) groups is 1. The fourth-order valence-electron chi connectivity index (χ4n) is 4.51. The van der Waals surface area contributed by atoms with E-state index >= 15 is 0 Å². The van der Waals surface area contributed by atoms with Crippen LogP contribution in [0.3, 0.4) is 0 Å². The van der Waals surface area contributed by atoms with Crippen molar-refractivity contribution in [3.8, 4) is 0 Å². The molecule has 2 aliphatic rings. The lowest BCUT2D eigenvalue weighted by molar-refractivity contribution is -0.132. The number of aliphatic hydroxyl groups is 1. The van der Waals surface area contributed by atoms with E-state index in [2.05, 4.69) is 29.9 Å². The van der Waals surface area contributed by atoms with Crippen LogP contribution in [-0.2, 0) is 11.2 Å². The second-order valence-electron chi connectivity index (χ2n) is 9.31. The summed E-state index contributed by atoms with van der Waals surface area (Å²) in [5.74, 6) is 1.46. The van der Waals surface area contributed by atoms with E-state index in [1.807, 2.05) is 11.8 Å². The zero-order valence-electron chi connectivity index (χ0n) is 17.2. The van der Waals surface area contributed by atoms with Crippen molar-refractivity contribution in [3.05, 3.63) is 22.5 Å². The molecule has 28 heavy (non-hydrogen) atoms. The van der Waals surface area contributed by atoms with Crippen molar-refractivity contribution in [2.24, 2.45) is 5.41 Å². The highest BCUT2D eigenvalue weighted by Gasteiger charge is 2.29. The van der Waals surface area contributed by atoms with E-state index in [-0.39, 0.29) is 12.0 Å². The van der Waals surface area contributed by atoms with Crippen LogP contribution in [0.4, 0.5) is 0 Å². The minimum Gasteiger partial charge on any atom is -0.393 e. The fourth-order valence-corrected chi connectivity index (χ4v) is 5.77. The molecule has 1 N–H and O–H groups in total. The molecule has 4 rings (SSSR count). The molecule has 2 fully saturated rings. The van der Waals surface area contributed by atoms with Crippen LogP contribution >= 0.6 is 11.3 Å². The van der Waals surface area contributed by atoms with E-state index < -0.39 is 0 Å². The Morgan fingerprint density at radius 3 is 2.57 bits per heavy atom. The monoisotopic (exact) mass is 401 g/mol. The summed E-state index contributed by atoms with van der Waals surface area (Å²) in [6, 6.07) is 2.25. The van der Waals surface area contributed by atoms with E-state index in [1.165, 1.54) is 30.6 Å². The molecule has 0 atom stereocenters. The lowest BCUT2D eigenvalue weighted by Crippen LogP contribution is -2.40. The van der Waals surface area contributed by atoms with Crippen LogP contribution in [0.1, 0.15) is 74.7 Å². The van der Waals surface area contributed by atoms with Gasteiger partial charge in [0.2, 0.25) is 5.91 Å². The Bertz CT molecular complexity index is 858. The Morgan fingerprint density at radius 2 is 1.89 bits per heavy atom. The predicted octanol–water partition coefficient (Wildman–Crippen LogP) is 4.21. The van der Waals surface area contributed by atoms with Gasteiger partial charge in [0.25, 0.3) is 0 Å². The number of nitrogens with zero attached hydrogens (tertiary/aromatic N) is 3. The fraction of sp³-hybridized carbons (Fsp3) is 0.682. The van der Waals surface area contributed by atoms with E-state index in [9.17, 15) is 9.90 Å². The van der Waals surface area contributed by atoms with Gasteiger partial charge in [0.1, 0.15) is 10.7 Å². The summed E-state index contributed by atoms with van der Waals surface area (Å²) < 4.78 is 0. The van der Waals surface area contributed by atoms with Gasteiger partial charge in [-0.2, -0.15) is 0 Å². The number of hydrogen-bond acceptors (Lipinski definition) is 5. The maximum Gasteiger partial charge on any atom is 0.228 e. The Hall–Kier alpha value is -1.53. The molecule has 1 amide bonds. The van der Waals surface area contributed by atoms with Crippen molar-refractivity contribution in [2.45, 2.75) is 77.7 Å². The van der Waals surface area contributed by atoms with Gasteiger partial charge >= 0.3 is 0 Å². The van der Waals surface area contributed by atoms with Gasteiger partial charge in [0, 0.05) is 23.4 Å². The van der Waals surface area contributed by atoms with Gasteiger partial charge in [-0.1, -0.05) is 13.8 Å². The average Bonchev–Trinajstić information content (AvgIpc) is 3.06. The number of aromatic nitrogens is 2. The molecule has 1 aliphatic heterocycles. The number of piperidine rings is 1. The van der Waals surface area contributed by atoms with E-state index in [0.29, 0.717) is 43.7 Å². The second kappa shape index (κ2) is 7.71. The van der Waals surface area contributed by atoms with E-state index in [0.717, 1.165) is 21.7 Å². The Kier molecular flexibility index (Phi) is 5.45. The van der Waals surface area contributed by atoms with Crippen LogP contribution in [0.15, 0.2) is 6.07 Å².